The van der Waals surface area contributed by atoms with Gasteiger partial charge in [-0.15, -0.1) is 0 Å². The molecule has 0 bridgehead atoms. The molecular formula is C17H27NO2. The van der Waals surface area contributed by atoms with E-state index in [2.05, 4.69) is 38.2 Å². The number of aliphatic hydroxyl groups excluding tert-OH is 1. The van der Waals surface area contributed by atoms with Crippen LogP contribution in [0.1, 0.15) is 56.8 Å². The summed E-state index contributed by atoms with van der Waals surface area (Å²) < 4.78 is 5.65. The maximum absolute atomic E-state index is 10.2. The van der Waals surface area contributed by atoms with Crippen LogP contribution in [0.25, 0.3) is 0 Å². The van der Waals surface area contributed by atoms with Crippen LogP contribution in [0.4, 0.5) is 0 Å². The van der Waals surface area contributed by atoms with E-state index in [1.807, 2.05) is 12.1 Å². The van der Waals surface area contributed by atoms with Crippen LogP contribution in [0.3, 0.4) is 0 Å². The highest BCUT2D eigenvalue weighted by atomic mass is 16.5. The van der Waals surface area contributed by atoms with Crippen molar-refractivity contribution in [2.24, 2.45) is 0 Å². The van der Waals surface area contributed by atoms with E-state index in [0.717, 1.165) is 25.0 Å². The summed E-state index contributed by atoms with van der Waals surface area (Å²) in [5.74, 6) is 0.527. The molecule has 1 aliphatic rings. The fourth-order valence-electron chi connectivity index (χ4n) is 2.65. The number of benzene rings is 1. The summed E-state index contributed by atoms with van der Waals surface area (Å²) in [7, 11) is 0. The van der Waals surface area contributed by atoms with E-state index in [4.69, 9.17) is 4.74 Å². The van der Waals surface area contributed by atoms with E-state index in [-0.39, 0.29) is 0 Å². The van der Waals surface area contributed by atoms with Gasteiger partial charge in [-0.2, -0.15) is 0 Å². The Morgan fingerprint density at radius 3 is 2.40 bits per heavy atom. The Morgan fingerprint density at radius 2 is 1.85 bits per heavy atom. The van der Waals surface area contributed by atoms with Gasteiger partial charge in [-0.25, -0.2) is 0 Å². The molecular weight excluding hydrogens is 250 g/mol. The van der Waals surface area contributed by atoms with Gasteiger partial charge in [0.15, 0.2) is 0 Å². The topological polar surface area (TPSA) is 41.5 Å². The monoisotopic (exact) mass is 277 g/mol. The molecule has 2 rings (SSSR count). The molecule has 1 aromatic rings. The minimum absolute atomic E-state index is 0.294. The maximum Gasteiger partial charge on any atom is 0.0914 e. The van der Waals surface area contributed by atoms with Crippen molar-refractivity contribution in [2.45, 2.75) is 57.8 Å². The largest absolute Gasteiger partial charge is 0.387 e. The molecule has 0 saturated carbocycles. The van der Waals surface area contributed by atoms with Gasteiger partial charge in [0.2, 0.25) is 0 Å². The Bertz CT molecular complexity index is 396. The zero-order valence-electron chi connectivity index (χ0n) is 12.8. The lowest BCUT2D eigenvalue weighted by Gasteiger charge is -2.22. The van der Waals surface area contributed by atoms with E-state index in [1.165, 1.54) is 5.56 Å². The average molecular weight is 277 g/mol. The third-order valence-corrected chi connectivity index (χ3v) is 4.14. The predicted molar refractivity (Wildman–Crippen MR) is 81.9 cm³/mol. The maximum atomic E-state index is 10.2. The second-order valence-corrected chi connectivity index (χ2v) is 6.09. The van der Waals surface area contributed by atoms with E-state index in [1.54, 1.807) is 0 Å². The van der Waals surface area contributed by atoms with Crippen molar-refractivity contribution in [3.8, 4) is 0 Å². The highest BCUT2D eigenvalue weighted by molar-refractivity contribution is 5.26. The van der Waals surface area contributed by atoms with Crippen LogP contribution in [0.5, 0.6) is 0 Å². The fraction of sp³-hybridized carbons (Fsp3) is 0.647. The van der Waals surface area contributed by atoms with Gasteiger partial charge in [0.25, 0.3) is 0 Å². The average Bonchev–Trinajstić information content (AvgIpc) is 2.98. The molecule has 0 aromatic heterocycles. The number of hydrogen-bond donors (Lipinski definition) is 2. The quantitative estimate of drug-likeness (QED) is 0.840. The first-order valence-electron chi connectivity index (χ1n) is 7.71. The summed E-state index contributed by atoms with van der Waals surface area (Å²) in [6.45, 7) is 7.93. The first-order chi connectivity index (χ1) is 9.58. The van der Waals surface area contributed by atoms with Gasteiger partial charge < -0.3 is 15.2 Å². The highest BCUT2D eigenvalue weighted by Crippen LogP contribution is 2.19. The van der Waals surface area contributed by atoms with Gasteiger partial charge in [0.05, 0.1) is 12.2 Å². The lowest BCUT2D eigenvalue weighted by molar-refractivity contribution is 0.0765. The standard InChI is InChI=1S/C17H27NO2/c1-12(2)14-6-8-15(9-7-14)16(19)11-18-13(3)17-5-4-10-20-17/h6-9,12-13,16-19H,4-5,10-11H2,1-3H3. The molecule has 0 radical (unpaired) electrons. The van der Waals surface area contributed by atoms with Crippen LogP contribution in [0.15, 0.2) is 24.3 Å². The number of hydrogen-bond acceptors (Lipinski definition) is 3. The first kappa shape index (κ1) is 15.5. The molecule has 2 N–H and O–H groups in total. The van der Waals surface area contributed by atoms with Crippen LogP contribution in [0.2, 0.25) is 0 Å². The Kier molecular flexibility index (Phi) is 5.58. The molecule has 20 heavy (non-hydrogen) atoms. The van der Waals surface area contributed by atoms with Gasteiger partial charge in [0.1, 0.15) is 0 Å². The summed E-state index contributed by atoms with van der Waals surface area (Å²) in [5.41, 5.74) is 2.28. The van der Waals surface area contributed by atoms with Crippen LogP contribution in [0, 0.1) is 0 Å². The van der Waals surface area contributed by atoms with Crippen LogP contribution in [-0.2, 0) is 4.74 Å². The van der Waals surface area contributed by atoms with Crippen molar-refractivity contribution in [1.82, 2.24) is 5.32 Å². The van der Waals surface area contributed by atoms with E-state index >= 15 is 0 Å². The second-order valence-electron chi connectivity index (χ2n) is 6.09. The molecule has 1 saturated heterocycles. The van der Waals surface area contributed by atoms with Crippen LogP contribution >= 0.6 is 0 Å². The molecule has 0 aliphatic carbocycles. The normalized spacial score (nSPS) is 22.1. The molecule has 3 heteroatoms. The molecule has 1 heterocycles. The predicted octanol–water partition coefficient (Wildman–Crippen LogP) is 3.00. The van der Waals surface area contributed by atoms with Crippen LogP contribution < -0.4 is 5.32 Å². The SMILES string of the molecule is CC(C)c1ccc(C(O)CNC(C)C2CCCO2)cc1. The summed E-state index contributed by atoms with van der Waals surface area (Å²) in [6, 6.07) is 8.55. The number of nitrogens with one attached hydrogen (secondary N) is 1. The van der Waals surface area contributed by atoms with Crippen molar-refractivity contribution in [3.05, 3.63) is 35.4 Å². The zero-order chi connectivity index (χ0) is 14.5. The second kappa shape index (κ2) is 7.21. The van der Waals surface area contributed by atoms with Gasteiger partial charge in [-0.05, 0) is 36.8 Å². The van der Waals surface area contributed by atoms with Gasteiger partial charge in [-0.1, -0.05) is 38.1 Å². The number of aliphatic hydroxyl groups is 1. The van der Waals surface area contributed by atoms with Gasteiger partial charge >= 0.3 is 0 Å². The van der Waals surface area contributed by atoms with Gasteiger partial charge in [-0.3, -0.25) is 0 Å². The van der Waals surface area contributed by atoms with E-state index < -0.39 is 6.10 Å². The smallest absolute Gasteiger partial charge is 0.0914 e. The van der Waals surface area contributed by atoms with Crippen molar-refractivity contribution < 1.29 is 9.84 Å². The van der Waals surface area contributed by atoms with E-state index in [9.17, 15) is 5.11 Å². The van der Waals surface area contributed by atoms with Gasteiger partial charge in [0, 0.05) is 19.2 Å². The number of rotatable bonds is 6. The Hall–Kier alpha value is -0.900. The lowest BCUT2D eigenvalue weighted by Crippen LogP contribution is -2.39. The number of ether oxygens (including phenoxy) is 1. The Morgan fingerprint density at radius 1 is 1.20 bits per heavy atom. The van der Waals surface area contributed by atoms with Crippen molar-refractivity contribution in [1.29, 1.82) is 0 Å². The van der Waals surface area contributed by atoms with Crippen molar-refractivity contribution in [3.63, 3.8) is 0 Å². The van der Waals surface area contributed by atoms with Crippen molar-refractivity contribution in [2.75, 3.05) is 13.2 Å². The summed E-state index contributed by atoms with van der Waals surface area (Å²) >= 11 is 0. The zero-order valence-corrected chi connectivity index (χ0v) is 12.8. The summed E-state index contributed by atoms with van der Waals surface area (Å²) in [6.07, 6.45) is 2.11. The molecule has 0 spiro atoms. The summed E-state index contributed by atoms with van der Waals surface area (Å²) in [5, 5.41) is 13.6. The molecule has 3 unspecified atom stereocenters. The Balaban J connectivity index is 1.83. The first-order valence-corrected chi connectivity index (χ1v) is 7.71. The molecule has 0 amide bonds. The minimum atomic E-state index is -0.458. The van der Waals surface area contributed by atoms with Crippen molar-refractivity contribution >= 4 is 0 Å². The molecule has 1 aromatic carbocycles. The molecule has 112 valence electrons. The summed E-state index contributed by atoms with van der Waals surface area (Å²) in [4.78, 5) is 0. The van der Waals surface area contributed by atoms with Crippen LogP contribution in [-0.4, -0.2) is 30.4 Å². The highest BCUT2D eigenvalue weighted by Gasteiger charge is 2.22. The molecule has 3 nitrogen and oxygen atoms in total. The molecule has 1 aliphatic heterocycles. The third kappa shape index (κ3) is 4.05. The minimum Gasteiger partial charge on any atom is -0.387 e. The van der Waals surface area contributed by atoms with E-state index in [0.29, 0.717) is 24.6 Å². The Labute approximate surface area is 122 Å². The lowest BCUT2D eigenvalue weighted by atomic mass is 10.00. The fourth-order valence-corrected chi connectivity index (χ4v) is 2.65. The molecule has 3 atom stereocenters. The molecule has 1 fully saturated rings. The third-order valence-electron chi connectivity index (χ3n) is 4.14.